The van der Waals surface area contributed by atoms with Crippen molar-refractivity contribution in [1.82, 2.24) is 10.6 Å². The van der Waals surface area contributed by atoms with Gasteiger partial charge in [-0.05, 0) is 32.9 Å². The molecule has 0 saturated carbocycles. The van der Waals surface area contributed by atoms with E-state index < -0.39 is 0 Å². The highest BCUT2D eigenvalue weighted by Gasteiger charge is 2.16. The minimum Gasteiger partial charge on any atom is -0.315 e. The zero-order valence-corrected chi connectivity index (χ0v) is 11.1. The predicted octanol–water partition coefficient (Wildman–Crippen LogP) is 2.93. The summed E-state index contributed by atoms with van der Waals surface area (Å²) in [6.07, 6.45) is 7.73. The SMILES string of the molecule is CCCCNC(CCCC)C(CC)NC. The van der Waals surface area contributed by atoms with Gasteiger partial charge in [0.15, 0.2) is 0 Å². The fourth-order valence-corrected chi connectivity index (χ4v) is 2.02. The van der Waals surface area contributed by atoms with E-state index >= 15 is 0 Å². The van der Waals surface area contributed by atoms with Crippen molar-refractivity contribution in [2.45, 2.75) is 71.4 Å². The van der Waals surface area contributed by atoms with Crippen molar-refractivity contribution < 1.29 is 0 Å². The molecule has 0 aromatic carbocycles. The number of hydrogen-bond acceptors (Lipinski definition) is 2. The third-order valence-corrected chi connectivity index (χ3v) is 3.10. The summed E-state index contributed by atoms with van der Waals surface area (Å²) >= 11 is 0. The van der Waals surface area contributed by atoms with Crippen LogP contribution < -0.4 is 10.6 Å². The number of likely N-dealkylation sites (N-methyl/N-ethyl adjacent to an activating group) is 1. The van der Waals surface area contributed by atoms with Crippen LogP contribution in [0.2, 0.25) is 0 Å². The summed E-state index contributed by atoms with van der Waals surface area (Å²) in [5, 5.41) is 7.12. The van der Waals surface area contributed by atoms with E-state index in [1.807, 2.05) is 0 Å². The molecule has 0 amide bonds. The Morgan fingerprint density at radius 3 is 2.07 bits per heavy atom. The van der Waals surface area contributed by atoms with Gasteiger partial charge in [0.05, 0.1) is 0 Å². The molecule has 0 aliphatic carbocycles. The van der Waals surface area contributed by atoms with Crippen LogP contribution >= 0.6 is 0 Å². The van der Waals surface area contributed by atoms with Gasteiger partial charge in [0.2, 0.25) is 0 Å². The third-order valence-electron chi connectivity index (χ3n) is 3.10. The van der Waals surface area contributed by atoms with Gasteiger partial charge in [-0.15, -0.1) is 0 Å². The fourth-order valence-electron chi connectivity index (χ4n) is 2.02. The van der Waals surface area contributed by atoms with E-state index in [1.54, 1.807) is 0 Å². The van der Waals surface area contributed by atoms with E-state index in [-0.39, 0.29) is 0 Å². The smallest absolute Gasteiger partial charge is 0.0220 e. The van der Waals surface area contributed by atoms with Gasteiger partial charge >= 0.3 is 0 Å². The monoisotopic (exact) mass is 214 g/mol. The topological polar surface area (TPSA) is 24.1 Å². The number of unbranched alkanes of at least 4 members (excludes halogenated alkanes) is 2. The van der Waals surface area contributed by atoms with Gasteiger partial charge in [0.25, 0.3) is 0 Å². The second-order valence-corrected chi connectivity index (χ2v) is 4.36. The molecule has 2 nitrogen and oxygen atoms in total. The quantitative estimate of drug-likeness (QED) is 0.546. The van der Waals surface area contributed by atoms with Crippen molar-refractivity contribution in [3.63, 3.8) is 0 Å². The largest absolute Gasteiger partial charge is 0.315 e. The third kappa shape index (κ3) is 6.91. The minimum absolute atomic E-state index is 0.633. The molecular formula is C13H30N2. The first-order valence-electron chi connectivity index (χ1n) is 6.70. The highest BCUT2D eigenvalue weighted by atomic mass is 15.0. The van der Waals surface area contributed by atoms with Crippen molar-refractivity contribution in [3.05, 3.63) is 0 Å². The van der Waals surface area contributed by atoms with Gasteiger partial charge in [-0.2, -0.15) is 0 Å². The number of hydrogen-bond donors (Lipinski definition) is 2. The molecule has 2 N–H and O–H groups in total. The summed E-state index contributed by atoms with van der Waals surface area (Å²) in [4.78, 5) is 0. The predicted molar refractivity (Wildman–Crippen MR) is 69.4 cm³/mol. The van der Waals surface area contributed by atoms with Crippen LogP contribution in [0.15, 0.2) is 0 Å². The average molecular weight is 214 g/mol. The van der Waals surface area contributed by atoms with Gasteiger partial charge in [-0.25, -0.2) is 0 Å². The lowest BCUT2D eigenvalue weighted by molar-refractivity contribution is 0.350. The molecule has 0 rings (SSSR count). The van der Waals surface area contributed by atoms with E-state index in [9.17, 15) is 0 Å². The molecule has 2 unspecified atom stereocenters. The Balaban J connectivity index is 3.91. The van der Waals surface area contributed by atoms with Gasteiger partial charge in [-0.1, -0.05) is 40.0 Å². The van der Waals surface area contributed by atoms with Crippen molar-refractivity contribution >= 4 is 0 Å². The molecular weight excluding hydrogens is 184 g/mol. The Bertz CT molecular complexity index is 122. The van der Waals surface area contributed by atoms with Crippen LogP contribution in [0.3, 0.4) is 0 Å². The second-order valence-electron chi connectivity index (χ2n) is 4.36. The molecule has 0 heterocycles. The van der Waals surface area contributed by atoms with Gasteiger partial charge in [0.1, 0.15) is 0 Å². The second kappa shape index (κ2) is 10.4. The summed E-state index contributed by atoms with van der Waals surface area (Å²) in [5.41, 5.74) is 0. The van der Waals surface area contributed by atoms with Gasteiger partial charge < -0.3 is 10.6 Å². The van der Waals surface area contributed by atoms with E-state index in [0.29, 0.717) is 12.1 Å². The molecule has 92 valence electrons. The summed E-state index contributed by atoms with van der Waals surface area (Å²) in [6.45, 7) is 7.95. The molecule has 15 heavy (non-hydrogen) atoms. The lowest BCUT2D eigenvalue weighted by Crippen LogP contribution is -2.46. The first kappa shape index (κ1) is 14.9. The Morgan fingerprint density at radius 2 is 1.60 bits per heavy atom. The van der Waals surface area contributed by atoms with Crippen LogP contribution in [-0.4, -0.2) is 25.7 Å². The maximum Gasteiger partial charge on any atom is 0.0220 e. The highest BCUT2D eigenvalue weighted by Crippen LogP contribution is 2.08. The lowest BCUT2D eigenvalue weighted by atomic mass is 9.99. The molecule has 0 aromatic heterocycles. The zero-order valence-electron chi connectivity index (χ0n) is 11.1. The fraction of sp³-hybridized carbons (Fsp3) is 1.00. The molecule has 0 bridgehead atoms. The zero-order chi connectivity index (χ0) is 11.5. The molecule has 0 fully saturated rings. The molecule has 2 atom stereocenters. The lowest BCUT2D eigenvalue weighted by Gasteiger charge is -2.27. The van der Waals surface area contributed by atoms with Crippen LogP contribution in [0.1, 0.15) is 59.3 Å². The van der Waals surface area contributed by atoms with Crippen LogP contribution in [-0.2, 0) is 0 Å². The van der Waals surface area contributed by atoms with Crippen LogP contribution in [0, 0.1) is 0 Å². The normalized spacial score (nSPS) is 15.2. The van der Waals surface area contributed by atoms with Crippen molar-refractivity contribution in [1.29, 1.82) is 0 Å². The standard InChI is InChI=1S/C13H30N2/c1-5-8-10-13(12(7-3)14-4)15-11-9-6-2/h12-15H,5-11H2,1-4H3. The van der Waals surface area contributed by atoms with E-state index in [0.717, 1.165) is 0 Å². The summed E-state index contributed by atoms with van der Waals surface area (Å²) in [5.74, 6) is 0. The van der Waals surface area contributed by atoms with E-state index in [4.69, 9.17) is 0 Å². The molecule has 2 heteroatoms. The molecule has 0 saturated heterocycles. The average Bonchev–Trinajstić information content (AvgIpc) is 2.26. The minimum atomic E-state index is 0.633. The number of nitrogens with one attached hydrogen (secondary N) is 2. The van der Waals surface area contributed by atoms with Crippen LogP contribution in [0.25, 0.3) is 0 Å². The Kier molecular flexibility index (Phi) is 10.4. The highest BCUT2D eigenvalue weighted by molar-refractivity contribution is 4.80. The Hall–Kier alpha value is -0.0800. The molecule has 0 aromatic rings. The Labute approximate surface area is 96.2 Å². The van der Waals surface area contributed by atoms with E-state index in [1.165, 1.54) is 45.1 Å². The van der Waals surface area contributed by atoms with Crippen LogP contribution in [0.4, 0.5) is 0 Å². The summed E-state index contributed by atoms with van der Waals surface area (Å²) in [6, 6.07) is 1.29. The van der Waals surface area contributed by atoms with E-state index in [2.05, 4.69) is 38.5 Å². The molecule has 0 aliphatic rings. The first-order chi connectivity index (χ1) is 7.29. The van der Waals surface area contributed by atoms with Crippen molar-refractivity contribution in [2.75, 3.05) is 13.6 Å². The maximum absolute atomic E-state index is 3.69. The van der Waals surface area contributed by atoms with Crippen molar-refractivity contribution in [2.24, 2.45) is 0 Å². The number of rotatable bonds is 10. The molecule has 0 radical (unpaired) electrons. The first-order valence-corrected chi connectivity index (χ1v) is 6.70. The van der Waals surface area contributed by atoms with Crippen LogP contribution in [0.5, 0.6) is 0 Å². The molecule has 0 spiro atoms. The Morgan fingerprint density at radius 1 is 0.933 bits per heavy atom. The summed E-state index contributed by atoms with van der Waals surface area (Å²) in [7, 11) is 2.08. The maximum atomic E-state index is 3.69. The summed E-state index contributed by atoms with van der Waals surface area (Å²) < 4.78 is 0. The van der Waals surface area contributed by atoms with Gasteiger partial charge in [0, 0.05) is 12.1 Å². The van der Waals surface area contributed by atoms with Gasteiger partial charge in [-0.3, -0.25) is 0 Å². The van der Waals surface area contributed by atoms with Crippen molar-refractivity contribution in [3.8, 4) is 0 Å². The molecule has 0 aliphatic heterocycles.